The van der Waals surface area contributed by atoms with Crippen LogP contribution in [0.1, 0.15) is 17.2 Å². The van der Waals surface area contributed by atoms with Crippen LogP contribution in [-0.2, 0) is 0 Å². The summed E-state index contributed by atoms with van der Waals surface area (Å²) in [6.07, 6.45) is 1.99. The number of benzene rings is 4. The van der Waals surface area contributed by atoms with Gasteiger partial charge in [0.05, 0.1) is 11.6 Å². The van der Waals surface area contributed by atoms with Crippen LogP contribution in [0.2, 0.25) is 0 Å². The highest BCUT2D eigenvalue weighted by Crippen LogP contribution is 2.48. The van der Waals surface area contributed by atoms with Gasteiger partial charge in [-0.15, -0.1) is 0 Å². The Hall–Kier alpha value is -4.31. The monoisotopic (exact) mass is 414 g/mol. The molecule has 0 fully saturated rings. The summed E-state index contributed by atoms with van der Waals surface area (Å²) in [5, 5.41) is 7.96. The van der Waals surface area contributed by atoms with E-state index in [4.69, 9.17) is 4.42 Å². The molecule has 4 heteroatoms. The third kappa shape index (κ3) is 2.29. The quantitative estimate of drug-likeness (QED) is 0.298. The first kappa shape index (κ1) is 17.4. The van der Waals surface area contributed by atoms with Crippen molar-refractivity contribution >= 4 is 38.3 Å². The fraction of sp³-hybridized carbons (Fsp3) is 0.0357. The molecule has 32 heavy (non-hydrogen) atoms. The van der Waals surface area contributed by atoms with Gasteiger partial charge in [-0.3, -0.25) is 0 Å². The predicted molar refractivity (Wildman–Crippen MR) is 129 cm³/mol. The Bertz CT molecular complexity index is 1740. The van der Waals surface area contributed by atoms with Crippen LogP contribution in [0, 0.1) is 0 Å². The molecule has 152 valence electrons. The van der Waals surface area contributed by atoms with Crippen molar-refractivity contribution in [2.24, 2.45) is 0 Å². The number of hydrogen-bond donors (Lipinski definition) is 2. The molecule has 0 radical (unpaired) electrons. The summed E-state index contributed by atoms with van der Waals surface area (Å²) in [6, 6.07) is 28.2. The zero-order valence-electron chi connectivity index (χ0n) is 17.1. The first-order chi connectivity index (χ1) is 15.8. The highest BCUT2D eigenvalue weighted by Gasteiger charge is 2.33. The highest BCUT2D eigenvalue weighted by molar-refractivity contribution is 6.11. The fourth-order valence-electron chi connectivity index (χ4n) is 5.15. The Labute approximate surface area is 183 Å². The molecule has 4 nitrogen and oxygen atoms in total. The summed E-state index contributed by atoms with van der Waals surface area (Å²) < 4.78 is 5.82. The average Bonchev–Trinajstić information content (AvgIpc) is 3.27. The summed E-state index contributed by atoms with van der Waals surface area (Å²) in [4.78, 5) is 16.8. The number of anilines is 1. The van der Waals surface area contributed by atoms with Gasteiger partial charge < -0.3 is 14.7 Å². The van der Waals surface area contributed by atoms with Gasteiger partial charge in [-0.2, -0.15) is 0 Å². The van der Waals surface area contributed by atoms with Crippen LogP contribution in [0.3, 0.4) is 0 Å². The van der Waals surface area contributed by atoms with Crippen LogP contribution in [-0.4, -0.2) is 4.98 Å². The standard InChI is InChI=1S/C28H18N2O2/c31-28-26-25(19-10-4-6-12-23(19)32-28)24-17-8-2-1-7-16(17)13-14-22(24)30-27(26)20-15-29-21-11-5-3-9-18(20)21/h1-15,27,29-30H. The van der Waals surface area contributed by atoms with Gasteiger partial charge in [0.1, 0.15) is 5.58 Å². The molecule has 0 bridgehead atoms. The van der Waals surface area contributed by atoms with Crippen molar-refractivity contribution in [2.45, 2.75) is 6.04 Å². The minimum atomic E-state index is -0.323. The molecule has 0 saturated carbocycles. The zero-order valence-corrected chi connectivity index (χ0v) is 17.1. The number of rotatable bonds is 1. The van der Waals surface area contributed by atoms with E-state index in [2.05, 4.69) is 40.6 Å². The molecule has 0 saturated heterocycles. The van der Waals surface area contributed by atoms with Crippen molar-refractivity contribution in [1.29, 1.82) is 0 Å². The second kappa shape index (κ2) is 6.34. The largest absolute Gasteiger partial charge is 0.422 e. The molecule has 1 aliphatic rings. The lowest BCUT2D eigenvalue weighted by molar-refractivity contribution is 0.548. The molecule has 6 aromatic rings. The van der Waals surface area contributed by atoms with Crippen LogP contribution in [0.5, 0.6) is 0 Å². The van der Waals surface area contributed by atoms with E-state index in [1.165, 1.54) is 0 Å². The second-order valence-electron chi connectivity index (χ2n) is 8.25. The van der Waals surface area contributed by atoms with Crippen molar-refractivity contribution in [2.75, 3.05) is 5.32 Å². The molecule has 7 rings (SSSR count). The van der Waals surface area contributed by atoms with Gasteiger partial charge in [0.25, 0.3) is 0 Å². The van der Waals surface area contributed by atoms with E-state index in [0.717, 1.165) is 49.4 Å². The Balaban J connectivity index is 1.65. The number of aromatic amines is 1. The maximum absolute atomic E-state index is 13.4. The van der Waals surface area contributed by atoms with E-state index in [9.17, 15) is 4.79 Å². The minimum Gasteiger partial charge on any atom is -0.422 e. The summed E-state index contributed by atoms with van der Waals surface area (Å²) in [5.74, 6) is 0. The zero-order chi connectivity index (χ0) is 21.2. The Morgan fingerprint density at radius 3 is 2.38 bits per heavy atom. The van der Waals surface area contributed by atoms with E-state index in [0.29, 0.717) is 11.1 Å². The molecular weight excluding hydrogens is 396 g/mol. The van der Waals surface area contributed by atoms with E-state index < -0.39 is 0 Å². The van der Waals surface area contributed by atoms with Crippen LogP contribution >= 0.6 is 0 Å². The van der Waals surface area contributed by atoms with Crippen LogP contribution in [0.15, 0.2) is 100 Å². The SMILES string of the molecule is O=c1oc2ccccc2c2c1C(c1c[nH]c3ccccc13)Nc1ccc3ccccc3c1-2. The number of H-pyrrole nitrogens is 1. The summed E-state index contributed by atoms with van der Waals surface area (Å²) in [7, 11) is 0. The van der Waals surface area contributed by atoms with Crippen LogP contribution < -0.4 is 10.9 Å². The molecule has 1 unspecified atom stereocenters. The van der Waals surface area contributed by atoms with Gasteiger partial charge >= 0.3 is 5.63 Å². The molecule has 1 atom stereocenters. The third-order valence-corrected chi connectivity index (χ3v) is 6.55. The molecule has 4 aromatic carbocycles. The predicted octanol–water partition coefficient (Wildman–Crippen LogP) is 6.61. The van der Waals surface area contributed by atoms with E-state index in [1.807, 2.05) is 60.8 Å². The van der Waals surface area contributed by atoms with Gasteiger partial charge in [0.2, 0.25) is 0 Å². The first-order valence-corrected chi connectivity index (χ1v) is 10.7. The van der Waals surface area contributed by atoms with Gasteiger partial charge in [0.15, 0.2) is 0 Å². The first-order valence-electron chi connectivity index (χ1n) is 10.7. The number of fused-ring (bicyclic) bond motifs is 8. The smallest absolute Gasteiger partial charge is 0.342 e. The van der Waals surface area contributed by atoms with Crippen molar-refractivity contribution in [3.05, 3.63) is 113 Å². The molecule has 0 amide bonds. The maximum Gasteiger partial charge on any atom is 0.342 e. The lowest BCUT2D eigenvalue weighted by Gasteiger charge is -2.30. The summed E-state index contributed by atoms with van der Waals surface area (Å²) in [6.45, 7) is 0. The van der Waals surface area contributed by atoms with Crippen molar-refractivity contribution in [3.63, 3.8) is 0 Å². The maximum atomic E-state index is 13.4. The van der Waals surface area contributed by atoms with Crippen LogP contribution in [0.4, 0.5) is 5.69 Å². The van der Waals surface area contributed by atoms with E-state index >= 15 is 0 Å². The normalized spacial score (nSPS) is 14.9. The van der Waals surface area contributed by atoms with Gasteiger partial charge in [-0.05, 0) is 29.0 Å². The van der Waals surface area contributed by atoms with Gasteiger partial charge in [-0.1, -0.05) is 66.7 Å². The van der Waals surface area contributed by atoms with Gasteiger partial charge in [-0.25, -0.2) is 4.79 Å². The number of para-hydroxylation sites is 2. The summed E-state index contributed by atoms with van der Waals surface area (Å²) in [5.41, 5.74) is 6.05. The van der Waals surface area contributed by atoms with Gasteiger partial charge in [0, 0.05) is 44.9 Å². The van der Waals surface area contributed by atoms with Crippen LogP contribution in [0.25, 0.3) is 43.8 Å². The fourth-order valence-corrected chi connectivity index (χ4v) is 5.15. The van der Waals surface area contributed by atoms with Crippen molar-refractivity contribution in [3.8, 4) is 11.1 Å². The second-order valence-corrected chi connectivity index (χ2v) is 8.25. The van der Waals surface area contributed by atoms with E-state index in [1.54, 1.807) is 0 Å². The lowest BCUT2D eigenvalue weighted by Crippen LogP contribution is -2.25. The average molecular weight is 414 g/mol. The number of aromatic nitrogens is 1. The molecule has 0 aliphatic carbocycles. The Morgan fingerprint density at radius 1 is 0.719 bits per heavy atom. The molecule has 2 N–H and O–H groups in total. The number of nitrogens with one attached hydrogen (secondary N) is 2. The van der Waals surface area contributed by atoms with E-state index in [-0.39, 0.29) is 11.7 Å². The highest BCUT2D eigenvalue weighted by atomic mass is 16.4. The molecule has 1 aliphatic heterocycles. The Morgan fingerprint density at radius 2 is 1.47 bits per heavy atom. The summed E-state index contributed by atoms with van der Waals surface area (Å²) >= 11 is 0. The topological polar surface area (TPSA) is 58.0 Å². The molecule has 0 spiro atoms. The molecular formula is C28H18N2O2. The number of hydrogen-bond acceptors (Lipinski definition) is 3. The van der Waals surface area contributed by atoms with Crippen molar-refractivity contribution in [1.82, 2.24) is 4.98 Å². The minimum absolute atomic E-state index is 0.305. The third-order valence-electron chi connectivity index (χ3n) is 6.55. The van der Waals surface area contributed by atoms with Crippen molar-refractivity contribution < 1.29 is 4.42 Å². The molecule has 2 aromatic heterocycles. The lowest BCUT2D eigenvalue weighted by atomic mass is 9.83. The Kier molecular flexibility index (Phi) is 3.45. The molecule has 3 heterocycles.